The summed E-state index contributed by atoms with van der Waals surface area (Å²) < 4.78 is 29.3. The third-order valence-corrected chi connectivity index (χ3v) is 9.00. The maximum atomic E-state index is 14.5. The summed E-state index contributed by atoms with van der Waals surface area (Å²) in [6, 6.07) is 33.3. The highest BCUT2D eigenvalue weighted by molar-refractivity contribution is 7.92. The lowest BCUT2D eigenvalue weighted by Crippen LogP contribution is -2.56. The van der Waals surface area contributed by atoms with Crippen molar-refractivity contribution in [1.29, 1.82) is 0 Å². The Labute approximate surface area is 261 Å². The normalized spacial score (nSPS) is 12.3. The zero-order valence-corrected chi connectivity index (χ0v) is 26.6. The molecule has 8 heteroatoms. The first-order valence-corrected chi connectivity index (χ1v) is 16.3. The number of hydrogen-bond acceptors (Lipinski definition) is 4. The standard InChI is InChI=1S/C36H41N3O4S/c1-5-28-21-23-31(24-22-28)39(44(42,43)32-19-13-8-14-20-32)27-34(40)38(26-30-17-11-7-12-18-30)33(35(41)37-36(2,3)4)25-29-15-9-6-10-16-29/h6-24,33H,5,25-27H2,1-4H3,(H,37,41)/t33-/m0/s1. The van der Waals surface area contributed by atoms with Crippen LogP contribution in [0.1, 0.15) is 44.4 Å². The minimum atomic E-state index is -4.12. The number of hydrogen-bond donors (Lipinski definition) is 1. The molecule has 0 saturated carbocycles. The average molecular weight is 612 g/mol. The van der Waals surface area contributed by atoms with E-state index in [4.69, 9.17) is 0 Å². The number of carbonyl (C=O) groups is 2. The molecule has 2 amide bonds. The highest BCUT2D eigenvalue weighted by atomic mass is 32.2. The Morgan fingerprint density at radius 3 is 1.77 bits per heavy atom. The van der Waals surface area contributed by atoms with Gasteiger partial charge in [0.1, 0.15) is 12.6 Å². The van der Waals surface area contributed by atoms with Gasteiger partial charge >= 0.3 is 0 Å². The molecule has 0 spiro atoms. The Morgan fingerprint density at radius 2 is 1.25 bits per heavy atom. The minimum absolute atomic E-state index is 0.0771. The zero-order valence-electron chi connectivity index (χ0n) is 25.8. The van der Waals surface area contributed by atoms with E-state index in [1.54, 1.807) is 30.3 Å². The van der Waals surface area contributed by atoms with E-state index in [9.17, 15) is 18.0 Å². The van der Waals surface area contributed by atoms with Crippen LogP contribution >= 0.6 is 0 Å². The van der Waals surface area contributed by atoms with Crippen LogP contribution in [0.5, 0.6) is 0 Å². The zero-order chi connectivity index (χ0) is 31.7. The van der Waals surface area contributed by atoms with Gasteiger partial charge in [0.15, 0.2) is 0 Å². The quantitative estimate of drug-likeness (QED) is 0.213. The first kappa shape index (κ1) is 32.5. The van der Waals surface area contributed by atoms with Crippen LogP contribution in [0.4, 0.5) is 5.69 Å². The molecule has 4 aromatic rings. The van der Waals surface area contributed by atoms with Crippen LogP contribution in [-0.2, 0) is 39.0 Å². The van der Waals surface area contributed by atoms with E-state index in [1.807, 2.05) is 100 Å². The average Bonchev–Trinajstić information content (AvgIpc) is 3.02. The van der Waals surface area contributed by atoms with Crippen LogP contribution in [0.2, 0.25) is 0 Å². The van der Waals surface area contributed by atoms with Crippen molar-refractivity contribution in [3.8, 4) is 0 Å². The van der Waals surface area contributed by atoms with E-state index in [0.717, 1.165) is 27.4 Å². The number of carbonyl (C=O) groups excluding carboxylic acids is 2. The molecule has 4 rings (SSSR count). The third-order valence-electron chi connectivity index (χ3n) is 7.21. The van der Waals surface area contributed by atoms with Crippen molar-refractivity contribution < 1.29 is 18.0 Å². The first-order chi connectivity index (χ1) is 21.0. The second kappa shape index (κ2) is 14.4. The molecule has 0 aliphatic heterocycles. The summed E-state index contributed by atoms with van der Waals surface area (Å²) in [5.41, 5.74) is 2.59. The van der Waals surface area contributed by atoms with Crippen molar-refractivity contribution >= 4 is 27.5 Å². The van der Waals surface area contributed by atoms with E-state index < -0.39 is 34.1 Å². The van der Waals surface area contributed by atoms with E-state index in [0.29, 0.717) is 5.69 Å². The summed E-state index contributed by atoms with van der Waals surface area (Å²) in [7, 11) is -4.12. The van der Waals surface area contributed by atoms with E-state index >= 15 is 0 Å². The molecule has 0 aromatic heterocycles. The molecule has 230 valence electrons. The smallest absolute Gasteiger partial charge is 0.264 e. The SMILES string of the molecule is CCc1ccc(N(CC(=O)N(Cc2ccccc2)[C@@H](Cc2ccccc2)C(=O)NC(C)(C)C)S(=O)(=O)c2ccccc2)cc1. The van der Waals surface area contributed by atoms with Gasteiger partial charge in [0.25, 0.3) is 10.0 Å². The summed E-state index contributed by atoms with van der Waals surface area (Å²) in [5, 5.41) is 3.05. The lowest BCUT2D eigenvalue weighted by atomic mass is 10.0. The van der Waals surface area contributed by atoms with Gasteiger partial charge in [-0.15, -0.1) is 0 Å². The topological polar surface area (TPSA) is 86.8 Å². The Bertz CT molecular complexity index is 1620. The van der Waals surface area contributed by atoms with Crippen molar-refractivity contribution in [2.75, 3.05) is 10.8 Å². The number of rotatable bonds is 12. The lowest BCUT2D eigenvalue weighted by Gasteiger charge is -2.35. The van der Waals surface area contributed by atoms with Crippen LogP contribution < -0.4 is 9.62 Å². The number of benzene rings is 4. The number of sulfonamides is 1. The third kappa shape index (κ3) is 8.57. The fourth-order valence-corrected chi connectivity index (χ4v) is 6.37. The minimum Gasteiger partial charge on any atom is -0.350 e. The van der Waals surface area contributed by atoms with Crippen molar-refractivity contribution in [1.82, 2.24) is 10.2 Å². The fourth-order valence-electron chi connectivity index (χ4n) is 4.93. The van der Waals surface area contributed by atoms with Gasteiger partial charge in [-0.1, -0.05) is 97.9 Å². The second-order valence-corrected chi connectivity index (χ2v) is 13.7. The van der Waals surface area contributed by atoms with Crippen LogP contribution in [0.15, 0.2) is 120 Å². The molecule has 1 atom stereocenters. The van der Waals surface area contributed by atoms with Crippen LogP contribution in [-0.4, -0.2) is 43.3 Å². The van der Waals surface area contributed by atoms with Crippen molar-refractivity contribution in [3.63, 3.8) is 0 Å². The van der Waals surface area contributed by atoms with Crippen molar-refractivity contribution in [3.05, 3.63) is 132 Å². The molecule has 44 heavy (non-hydrogen) atoms. The fraction of sp³-hybridized carbons (Fsp3) is 0.278. The second-order valence-electron chi connectivity index (χ2n) is 11.8. The molecule has 7 nitrogen and oxygen atoms in total. The van der Waals surface area contributed by atoms with E-state index in [-0.39, 0.29) is 23.8 Å². The van der Waals surface area contributed by atoms with E-state index in [2.05, 4.69) is 5.32 Å². The summed E-state index contributed by atoms with van der Waals surface area (Å²) >= 11 is 0. The van der Waals surface area contributed by atoms with Gasteiger partial charge in [-0.25, -0.2) is 8.42 Å². The molecular formula is C36H41N3O4S. The van der Waals surface area contributed by atoms with Gasteiger partial charge in [-0.3, -0.25) is 13.9 Å². The predicted octanol–water partition coefficient (Wildman–Crippen LogP) is 6.00. The van der Waals surface area contributed by atoms with Gasteiger partial charge in [-0.2, -0.15) is 0 Å². The Hall–Kier alpha value is -4.43. The maximum Gasteiger partial charge on any atom is 0.264 e. The lowest BCUT2D eigenvalue weighted by molar-refractivity contribution is -0.140. The summed E-state index contributed by atoms with van der Waals surface area (Å²) in [6.07, 6.45) is 1.05. The van der Waals surface area contributed by atoms with Crippen LogP contribution in [0.3, 0.4) is 0 Å². The summed E-state index contributed by atoms with van der Waals surface area (Å²) in [5.74, 6) is -0.798. The maximum absolute atomic E-state index is 14.5. The number of amides is 2. The Kier molecular flexibility index (Phi) is 10.6. The Morgan fingerprint density at radius 1 is 0.727 bits per heavy atom. The molecule has 0 heterocycles. The van der Waals surface area contributed by atoms with Gasteiger partial charge < -0.3 is 10.2 Å². The highest BCUT2D eigenvalue weighted by Gasteiger charge is 2.35. The van der Waals surface area contributed by atoms with Crippen LogP contribution in [0.25, 0.3) is 0 Å². The van der Waals surface area contributed by atoms with Gasteiger partial charge in [0.2, 0.25) is 11.8 Å². The van der Waals surface area contributed by atoms with Gasteiger partial charge in [0, 0.05) is 18.5 Å². The molecular weight excluding hydrogens is 570 g/mol. The van der Waals surface area contributed by atoms with Crippen molar-refractivity contribution in [2.24, 2.45) is 0 Å². The molecule has 0 aliphatic carbocycles. The largest absolute Gasteiger partial charge is 0.350 e. The van der Waals surface area contributed by atoms with Crippen molar-refractivity contribution in [2.45, 2.75) is 63.6 Å². The first-order valence-electron chi connectivity index (χ1n) is 14.8. The molecule has 0 radical (unpaired) electrons. The molecule has 0 bridgehead atoms. The van der Waals surface area contributed by atoms with Gasteiger partial charge in [-0.05, 0) is 68.1 Å². The summed E-state index contributed by atoms with van der Waals surface area (Å²) in [6.45, 7) is 7.34. The van der Waals surface area contributed by atoms with Crippen LogP contribution in [0, 0.1) is 0 Å². The Balaban J connectivity index is 1.79. The molecule has 0 unspecified atom stereocenters. The molecule has 0 fully saturated rings. The molecule has 0 aliphatic rings. The molecule has 0 saturated heterocycles. The number of nitrogens with one attached hydrogen (secondary N) is 1. The monoisotopic (exact) mass is 611 g/mol. The van der Waals surface area contributed by atoms with Gasteiger partial charge in [0.05, 0.1) is 10.6 Å². The number of anilines is 1. The highest BCUT2D eigenvalue weighted by Crippen LogP contribution is 2.26. The predicted molar refractivity (Wildman–Crippen MR) is 176 cm³/mol. The molecule has 4 aromatic carbocycles. The van der Waals surface area contributed by atoms with E-state index in [1.165, 1.54) is 17.0 Å². The summed E-state index contributed by atoms with van der Waals surface area (Å²) in [4.78, 5) is 30.0. The number of nitrogens with zero attached hydrogens (tertiary/aromatic N) is 2. The molecule has 1 N–H and O–H groups in total. The number of aryl methyl sites for hydroxylation is 1.